The molecular weight excluding hydrogens is 226 g/mol. The van der Waals surface area contributed by atoms with Crippen LogP contribution < -0.4 is 0 Å². The Labute approximate surface area is 95.4 Å². The largest absolute Gasteiger partial charge is 0.389 e. The van der Waals surface area contributed by atoms with Crippen LogP contribution in [-0.2, 0) is 11.3 Å². The quantitative estimate of drug-likeness (QED) is 0.330. The summed E-state index contributed by atoms with van der Waals surface area (Å²) in [6.07, 6.45) is 2.40. The topological polar surface area (TPSA) is 70.2 Å². The maximum atomic E-state index is 10.4. The summed E-state index contributed by atoms with van der Waals surface area (Å²) < 4.78 is 7.03. The van der Waals surface area contributed by atoms with Crippen molar-refractivity contribution in [1.29, 1.82) is 0 Å². The van der Waals surface area contributed by atoms with E-state index in [4.69, 9.17) is 4.74 Å². The van der Waals surface area contributed by atoms with Gasteiger partial charge in [0.05, 0.1) is 38.6 Å². The van der Waals surface area contributed by atoms with Crippen molar-refractivity contribution in [2.75, 3.05) is 12.8 Å². The van der Waals surface area contributed by atoms with Crippen LogP contribution in [0, 0.1) is 10.1 Å². The van der Waals surface area contributed by atoms with Crippen LogP contribution in [0.5, 0.6) is 0 Å². The van der Waals surface area contributed by atoms with Gasteiger partial charge in [0.15, 0.2) is 0 Å². The van der Waals surface area contributed by atoms with Crippen molar-refractivity contribution in [3.05, 3.63) is 22.4 Å². The van der Waals surface area contributed by atoms with Crippen molar-refractivity contribution in [1.82, 2.24) is 9.78 Å². The highest BCUT2D eigenvalue weighted by Gasteiger charge is 2.13. The van der Waals surface area contributed by atoms with Crippen LogP contribution in [0.3, 0.4) is 0 Å². The fourth-order valence-corrected chi connectivity index (χ4v) is 1.87. The lowest BCUT2D eigenvalue weighted by molar-refractivity contribution is -0.389. The molecule has 0 fully saturated rings. The number of rotatable bonds is 6. The third-order valence-electron chi connectivity index (χ3n) is 1.81. The number of ether oxygens (including phenoxy) is 1. The van der Waals surface area contributed by atoms with Gasteiger partial charge in [-0.05, 0) is 4.92 Å². The molecule has 0 amide bonds. The van der Waals surface area contributed by atoms with Crippen molar-refractivity contribution in [3.8, 4) is 0 Å². The van der Waals surface area contributed by atoms with E-state index in [1.54, 1.807) is 6.20 Å². The molecule has 0 spiro atoms. The van der Waals surface area contributed by atoms with Gasteiger partial charge in [-0.3, -0.25) is 0 Å². The molecule has 1 aromatic rings. The van der Waals surface area contributed by atoms with Crippen molar-refractivity contribution >= 4 is 13.9 Å². The first-order chi connectivity index (χ1) is 7.38. The molecule has 16 heavy (non-hydrogen) atoms. The Morgan fingerprint density at radius 2 is 2.25 bits per heavy atom. The Morgan fingerprint density at radius 1 is 1.56 bits per heavy atom. The first-order valence-corrected chi connectivity index (χ1v) is 8.85. The van der Waals surface area contributed by atoms with Gasteiger partial charge in [0.25, 0.3) is 0 Å². The van der Waals surface area contributed by atoms with Crippen molar-refractivity contribution in [2.24, 2.45) is 0 Å². The minimum Gasteiger partial charge on any atom is -0.383 e. The highest BCUT2D eigenvalue weighted by atomic mass is 28.3. The molecule has 1 rings (SSSR count). The second-order valence-electron chi connectivity index (χ2n) is 4.81. The Bertz CT molecular complexity index is 359. The molecule has 0 bridgehead atoms. The van der Waals surface area contributed by atoms with Crippen LogP contribution >= 0.6 is 0 Å². The van der Waals surface area contributed by atoms with E-state index in [1.165, 1.54) is 10.7 Å². The molecule has 0 radical (unpaired) electrons. The highest BCUT2D eigenvalue weighted by molar-refractivity contribution is 6.76. The first kappa shape index (κ1) is 12.9. The Kier molecular flexibility index (Phi) is 4.19. The van der Waals surface area contributed by atoms with Crippen LogP contribution in [0.25, 0.3) is 0 Å². The Hall–Kier alpha value is -1.21. The summed E-state index contributed by atoms with van der Waals surface area (Å²) in [6, 6.07) is 1.39. The van der Waals surface area contributed by atoms with E-state index in [9.17, 15) is 10.1 Å². The van der Waals surface area contributed by atoms with E-state index < -0.39 is 13.0 Å². The molecule has 0 aliphatic rings. The number of aromatic nitrogens is 2. The number of hydrogen-bond donors (Lipinski definition) is 0. The molecule has 0 aromatic carbocycles. The van der Waals surface area contributed by atoms with Gasteiger partial charge in [-0.25, -0.2) is 0 Å². The van der Waals surface area contributed by atoms with E-state index >= 15 is 0 Å². The van der Waals surface area contributed by atoms with Crippen molar-refractivity contribution in [2.45, 2.75) is 26.2 Å². The van der Waals surface area contributed by atoms with Crippen molar-refractivity contribution < 1.29 is 9.66 Å². The minimum atomic E-state index is -1.17. The molecule has 0 N–H and O–H groups in total. The summed E-state index contributed by atoms with van der Waals surface area (Å²) >= 11 is 0. The van der Waals surface area contributed by atoms with Gasteiger partial charge in [0.2, 0.25) is 0 Å². The zero-order valence-corrected chi connectivity index (χ0v) is 10.8. The third-order valence-corrected chi connectivity index (χ3v) is 2.88. The van der Waals surface area contributed by atoms with Gasteiger partial charge in [-0.2, -0.15) is 4.68 Å². The monoisotopic (exact) mass is 243 g/mol. The van der Waals surface area contributed by atoms with Gasteiger partial charge in [-0.1, -0.05) is 19.6 Å². The van der Waals surface area contributed by atoms with Gasteiger partial charge in [0.1, 0.15) is 0 Å². The smallest absolute Gasteiger partial charge is 0.383 e. The van der Waals surface area contributed by atoms with Gasteiger partial charge in [0, 0.05) is 6.23 Å². The average molecular weight is 243 g/mol. The summed E-state index contributed by atoms with van der Waals surface area (Å²) in [5, 5.41) is 14.2. The average Bonchev–Trinajstić information content (AvgIpc) is 2.59. The molecule has 0 aliphatic heterocycles. The Morgan fingerprint density at radius 3 is 2.75 bits per heavy atom. The molecule has 0 unspecified atom stereocenters. The summed E-state index contributed by atoms with van der Waals surface area (Å²) in [5.41, 5.74) is 0. The lowest BCUT2D eigenvalue weighted by Gasteiger charge is -2.15. The van der Waals surface area contributed by atoms with E-state index in [2.05, 4.69) is 24.7 Å². The zero-order valence-electron chi connectivity index (χ0n) is 9.84. The standard InChI is InChI=1S/C9H17N3O3Si/c1-16(2,3)8-15-7-6-11-5-4-9(10-11)12(13)14/h4-5H,6-8H2,1-3H3. The van der Waals surface area contributed by atoms with Crippen LogP contribution in [0.1, 0.15) is 0 Å². The molecular formula is C9H17N3O3Si. The van der Waals surface area contributed by atoms with Crippen LogP contribution in [-0.4, -0.2) is 35.6 Å². The summed E-state index contributed by atoms with van der Waals surface area (Å²) in [5.74, 6) is -0.120. The summed E-state index contributed by atoms with van der Waals surface area (Å²) in [6.45, 7) is 7.78. The Balaban J connectivity index is 2.30. The van der Waals surface area contributed by atoms with Crippen LogP contribution in [0.2, 0.25) is 19.6 Å². The predicted molar refractivity (Wildman–Crippen MR) is 63.0 cm³/mol. The first-order valence-electron chi connectivity index (χ1n) is 5.14. The zero-order chi connectivity index (χ0) is 12.2. The van der Waals surface area contributed by atoms with Crippen LogP contribution in [0.15, 0.2) is 12.3 Å². The lowest BCUT2D eigenvalue weighted by atomic mass is 10.6. The van der Waals surface area contributed by atoms with Crippen LogP contribution in [0.4, 0.5) is 5.82 Å². The summed E-state index contributed by atoms with van der Waals surface area (Å²) in [7, 11) is -1.17. The molecule has 1 aromatic heterocycles. The second kappa shape index (κ2) is 5.22. The second-order valence-corrected chi connectivity index (χ2v) is 10.2. The molecule has 0 saturated heterocycles. The molecule has 7 heteroatoms. The molecule has 0 saturated carbocycles. The fraction of sp³-hybridized carbons (Fsp3) is 0.667. The molecule has 90 valence electrons. The minimum absolute atomic E-state index is 0.120. The fourth-order valence-electron chi connectivity index (χ4n) is 1.11. The maximum absolute atomic E-state index is 10.4. The molecule has 6 nitrogen and oxygen atoms in total. The molecule has 1 heterocycles. The van der Waals surface area contributed by atoms with E-state index in [0.717, 1.165) is 6.23 Å². The van der Waals surface area contributed by atoms with Gasteiger partial charge in [-0.15, -0.1) is 0 Å². The summed E-state index contributed by atoms with van der Waals surface area (Å²) in [4.78, 5) is 9.88. The normalized spacial score (nSPS) is 11.7. The lowest BCUT2D eigenvalue weighted by Crippen LogP contribution is -2.29. The van der Waals surface area contributed by atoms with Crippen molar-refractivity contribution in [3.63, 3.8) is 0 Å². The highest BCUT2D eigenvalue weighted by Crippen LogP contribution is 2.05. The number of nitro groups is 1. The molecule has 0 atom stereocenters. The third kappa shape index (κ3) is 4.54. The predicted octanol–water partition coefficient (Wildman–Crippen LogP) is 1.69. The van der Waals surface area contributed by atoms with Gasteiger partial charge < -0.3 is 14.9 Å². The SMILES string of the molecule is C[Si](C)(C)COCCn1ccc([N+](=O)[O-])n1. The van der Waals surface area contributed by atoms with E-state index in [1.807, 2.05) is 0 Å². The van der Waals surface area contributed by atoms with E-state index in [-0.39, 0.29) is 5.82 Å². The van der Waals surface area contributed by atoms with E-state index in [0.29, 0.717) is 13.2 Å². The molecule has 0 aliphatic carbocycles. The number of hydrogen-bond acceptors (Lipinski definition) is 4. The number of nitrogens with zero attached hydrogens (tertiary/aromatic N) is 3. The maximum Gasteiger partial charge on any atom is 0.389 e. The van der Waals surface area contributed by atoms with Gasteiger partial charge >= 0.3 is 5.82 Å².